The number of nitrogens with one attached hydrogen (secondary N) is 2. The molecule has 1 aromatic heterocycles. The number of carboxylic acid groups (broad SMARTS) is 1. The minimum atomic E-state index is -1.25. The lowest BCUT2D eigenvalue weighted by Gasteiger charge is -2.22. The number of carbonyl (C=O) groups is 3. The molecule has 0 aliphatic heterocycles. The molecule has 0 aliphatic rings. The molecule has 9 nitrogen and oxygen atoms in total. The standard InChI is InChI=1S/C28H33FN4O5/c1-27(2,3)23-20(16-33(32-23)26(36)37)18-12-13-22(21(29)14-18)31-24(34)19(17-10-8-7-9-11-17)15-30-25(35)38-28(4,5)6/h7-14,16,19H,15H2,1-6H3,(H,30,35)(H,31,34)(H,36,37). The minimum absolute atomic E-state index is 0.0557. The average molecular weight is 525 g/mol. The lowest BCUT2D eigenvalue weighted by molar-refractivity contribution is -0.117. The van der Waals surface area contributed by atoms with Crippen LogP contribution in [0.3, 0.4) is 0 Å². The molecule has 3 N–H and O–H groups in total. The molecule has 10 heteroatoms. The molecule has 3 rings (SSSR count). The van der Waals surface area contributed by atoms with Crippen molar-refractivity contribution in [2.75, 3.05) is 11.9 Å². The van der Waals surface area contributed by atoms with Gasteiger partial charge in [-0.2, -0.15) is 9.78 Å². The smallest absolute Gasteiger partial charge is 0.432 e. The van der Waals surface area contributed by atoms with Crippen molar-refractivity contribution in [2.24, 2.45) is 0 Å². The van der Waals surface area contributed by atoms with E-state index in [-0.39, 0.29) is 12.2 Å². The predicted molar refractivity (Wildman–Crippen MR) is 142 cm³/mol. The zero-order chi connectivity index (χ0) is 28.3. The number of rotatable bonds is 6. The van der Waals surface area contributed by atoms with Crippen LogP contribution in [0, 0.1) is 5.82 Å². The van der Waals surface area contributed by atoms with Crippen LogP contribution in [0.25, 0.3) is 11.1 Å². The number of nitrogens with zero attached hydrogens (tertiary/aromatic N) is 2. The van der Waals surface area contributed by atoms with E-state index in [2.05, 4.69) is 15.7 Å². The van der Waals surface area contributed by atoms with Crippen LogP contribution in [0.1, 0.15) is 58.7 Å². The fourth-order valence-corrected chi connectivity index (χ4v) is 3.79. The number of anilines is 1. The molecule has 0 fully saturated rings. The van der Waals surface area contributed by atoms with Gasteiger partial charge in [0, 0.05) is 23.7 Å². The third kappa shape index (κ3) is 7.18. The molecule has 1 atom stereocenters. The molecule has 3 aromatic rings. The van der Waals surface area contributed by atoms with Gasteiger partial charge in [-0.15, -0.1) is 0 Å². The van der Waals surface area contributed by atoms with Crippen LogP contribution >= 0.6 is 0 Å². The number of hydrogen-bond donors (Lipinski definition) is 3. The van der Waals surface area contributed by atoms with Gasteiger partial charge >= 0.3 is 12.2 Å². The second kappa shape index (κ2) is 11.0. The van der Waals surface area contributed by atoms with Crippen LogP contribution in [0.5, 0.6) is 0 Å². The second-order valence-electron chi connectivity index (χ2n) is 10.9. The van der Waals surface area contributed by atoms with E-state index in [1.807, 2.05) is 20.8 Å². The summed E-state index contributed by atoms with van der Waals surface area (Å²) in [6.07, 6.45) is -0.583. The van der Waals surface area contributed by atoms with Crippen LogP contribution in [0.4, 0.5) is 19.7 Å². The fourth-order valence-electron chi connectivity index (χ4n) is 3.79. The quantitative estimate of drug-likeness (QED) is 0.377. The summed E-state index contributed by atoms with van der Waals surface area (Å²) in [5.41, 5.74) is 0.767. The summed E-state index contributed by atoms with van der Waals surface area (Å²) in [5.74, 6) is -2.04. The van der Waals surface area contributed by atoms with E-state index < -0.39 is 40.8 Å². The highest BCUT2D eigenvalue weighted by atomic mass is 19.1. The van der Waals surface area contributed by atoms with E-state index in [0.717, 1.165) is 4.68 Å². The first-order valence-electron chi connectivity index (χ1n) is 12.1. The Balaban J connectivity index is 1.85. The van der Waals surface area contributed by atoms with Crippen LogP contribution in [0.15, 0.2) is 54.7 Å². The fraction of sp³-hybridized carbons (Fsp3) is 0.357. The van der Waals surface area contributed by atoms with Gasteiger partial charge in [-0.3, -0.25) is 4.79 Å². The molecule has 38 heavy (non-hydrogen) atoms. The first kappa shape index (κ1) is 28.4. The van der Waals surface area contributed by atoms with Crippen LogP contribution < -0.4 is 10.6 Å². The van der Waals surface area contributed by atoms with Crippen LogP contribution in [-0.2, 0) is 14.9 Å². The van der Waals surface area contributed by atoms with Crippen LogP contribution in [0.2, 0.25) is 0 Å². The number of carbonyl (C=O) groups excluding carboxylic acids is 2. The van der Waals surface area contributed by atoms with Gasteiger partial charge in [-0.25, -0.2) is 14.0 Å². The lowest BCUT2D eigenvalue weighted by atomic mass is 9.87. The Morgan fingerprint density at radius 1 is 1.05 bits per heavy atom. The van der Waals surface area contributed by atoms with Crippen molar-refractivity contribution in [3.8, 4) is 11.1 Å². The van der Waals surface area contributed by atoms with Gasteiger partial charge in [0.05, 0.1) is 17.3 Å². The Hall–Kier alpha value is -4.21. The van der Waals surface area contributed by atoms with E-state index >= 15 is 4.39 Å². The average Bonchev–Trinajstić information content (AvgIpc) is 3.27. The van der Waals surface area contributed by atoms with Crippen molar-refractivity contribution in [1.82, 2.24) is 15.1 Å². The molecule has 0 radical (unpaired) electrons. The number of aromatic nitrogens is 2. The molecular formula is C28H33FN4O5. The first-order chi connectivity index (χ1) is 17.7. The van der Waals surface area contributed by atoms with E-state index in [4.69, 9.17) is 4.74 Å². The third-order valence-corrected chi connectivity index (χ3v) is 5.53. The van der Waals surface area contributed by atoms with Gasteiger partial charge in [0.2, 0.25) is 5.91 Å². The molecule has 0 saturated heterocycles. The molecule has 0 spiro atoms. The normalized spacial score (nSPS) is 12.5. The Morgan fingerprint density at radius 2 is 1.71 bits per heavy atom. The summed E-state index contributed by atoms with van der Waals surface area (Å²) in [6.45, 7) is 10.8. The second-order valence-corrected chi connectivity index (χ2v) is 10.9. The van der Waals surface area contributed by atoms with Crippen molar-refractivity contribution in [2.45, 2.75) is 58.5 Å². The van der Waals surface area contributed by atoms with Gasteiger partial charge < -0.3 is 20.5 Å². The maximum Gasteiger partial charge on any atom is 0.432 e. The minimum Gasteiger partial charge on any atom is -0.463 e. The molecule has 0 bridgehead atoms. The van der Waals surface area contributed by atoms with Crippen molar-refractivity contribution in [3.63, 3.8) is 0 Å². The zero-order valence-electron chi connectivity index (χ0n) is 22.3. The highest BCUT2D eigenvalue weighted by Gasteiger charge is 2.27. The van der Waals surface area contributed by atoms with Crippen molar-refractivity contribution < 1.29 is 28.6 Å². The lowest BCUT2D eigenvalue weighted by Crippen LogP contribution is -2.37. The van der Waals surface area contributed by atoms with E-state index in [1.165, 1.54) is 18.3 Å². The molecule has 1 heterocycles. The van der Waals surface area contributed by atoms with Crippen LogP contribution in [-0.4, -0.2) is 45.1 Å². The molecule has 0 aliphatic carbocycles. The molecule has 2 aromatic carbocycles. The van der Waals surface area contributed by atoms with Gasteiger partial charge in [0.15, 0.2) is 0 Å². The number of alkyl carbamates (subject to hydrolysis) is 1. The number of ether oxygens (including phenoxy) is 1. The Bertz CT molecular complexity index is 1320. The molecule has 2 amide bonds. The van der Waals surface area contributed by atoms with E-state index in [9.17, 15) is 19.5 Å². The first-order valence-corrected chi connectivity index (χ1v) is 12.1. The van der Waals surface area contributed by atoms with E-state index in [0.29, 0.717) is 22.4 Å². The summed E-state index contributed by atoms with van der Waals surface area (Å²) < 4.78 is 21.3. The maximum atomic E-state index is 15.2. The highest BCUT2D eigenvalue weighted by molar-refractivity contribution is 5.96. The number of benzene rings is 2. The Kier molecular flexibility index (Phi) is 8.24. The summed E-state index contributed by atoms with van der Waals surface area (Å²) >= 11 is 0. The SMILES string of the molecule is CC(C)(C)OC(=O)NCC(C(=O)Nc1ccc(-c2cn(C(=O)O)nc2C(C)(C)C)cc1F)c1ccccc1. The predicted octanol–water partition coefficient (Wildman–Crippen LogP) is 5.76. The van der Waals surface area contributed by atoms with Crippen molar-refractivity contribution >= 4 is 23.8 Å². The summed E-state index contributed by atoms with van der Waals surface area (Å²) in [4.78, 5) is 36.9. The molecule has 1 unspecified atom stereocenters. The van der Waals surface area contributed by atoms with Crippen molar-refractivity contribution in [1.29, 1.82) is 0 Å². The molecule has 202 valence electrons. The maximum absolute atomic E-state index is 15.2. The number of halogens is 1. The molecule has 0 saturated carbocycles. The Labute approximate surface area is 221 Å². The van der Waals surface area contributed by atoms with E-state index in [1.54, 1.807) is 57.2 Å². The topological polar surface area (TPSA) is 123 Å². The third-order valence-electron chi connectivity index (χ3n) is 5.53. The molecular weight excluding hydrogens is 491 g/mol. The number of amides is 2. The summed E-state index contributed by atoms with van der Waals surface area (Å²) in [6, 6.07) is 13.1. The van der Waals surface area contributed by atoms with Gasteiger partial charge in [0.1, 0.15) is 11.4 Å². The largest absolute Gasteiger partial charge is 0.463 e. The Morgan fingerprint density at radius 3 is 2.26 bits per heavy atom. The number of hydrogen-bond acceptors (Lipinski definition) is 5. The van der Waals surface area contributed by atoms with Gasteiger partial charge in [-0.05, 0) is 44.0 Å². The van der Waals surface area contributed by atoms with Gasteiger partial charge in [0.25, 0.3) is 0 Å². The van der Waals surface area contributed by atoms with Crippen molar-refractivity contribution in [3.05, 3.63) is 71.8 Å². The monoisotopic (exact) mass is 524 g/mol. The zero-order valence-corrected chi connectivity index (χ0v) is 22.3. The summed E-state index contributed by atoms with van der Waals surface area (Å²) in [7, 11) is 0. The highest BCUT2D eigenvalue weighted by Crippen LogP contribution is 2.33. The van der Waals surface area contributed by atoms with Gasteiger partial charge in [-0.1, -0.05) is 57.2 Å². The summed E-state index contributed by atoms with van der Waals surface area (Å²) in [5, 5.41) is 18.7.